The Hall–Kier alpha value is -2.71. The molecule has 0 saturated carbocycles. The van der Waals surface area contributed by atoms with Gasteiger partial charge in [0.25, 0.3) is 5.56 Å². The Balaban J connectivity index is 1.72. The lowest BCUT2D eigenvalue weighted by Crippen LogP contribution is -2.37. The molecule has 0 saturated heterocycles. The third-order valence-electron chi connectivity index (χ3n) is 6.55. The molecular weight excluding hydrogens is 448 g/mol. The second kappa shape index (κ2) is 10.7. The van der Waals surface area contributed by atoms with E-state index in [1.807, 2.05) is 31.2 Å². The zero-order valence-electron chi connectivity index (χ0n) is 20.5. The van der Waals surface area contributed by atoms with Crippen LogP contribution in [0.3, 0.4) is 0 Å². The first-order valence-corrected chi connectivity index (χ1v) is 13.1. The number of hydrogen-bond donors (Lipinski definition) is 1. The van der Waals surface area contributed by atoms with Crippen LogP contribution in [0.4, 0.5) is 5.69 Å². The second-order valence-corrected chi connectivity index (χ2v) is 9.76. The van der Waals surface area contributed by atoms with Crippen molar-refractivity contribution < 1.29 is 9.53 Å². The van der Waals surface area contributed by atoms with E-state index < -0.39 is 6.04 Å². The van der Waals surface area contributed by atoms with E-state index in [4.69, 9.17) is 9.72 Å². The third-order valence-corrected chi connectivity index (χ3v) is 7.74. The molecule has 1 atom stereocenters. The minimum Gasteiger partial charge on any atom is -0.494 e. The fourth-order valence-electron chi connectivity index (χ4n) is 4.58. The first-order valence-electron chi connectivity index (χ1n) is 12.3. The van der Waals surface area contributed by atoms with Crippen molar-refractivity contribution in [2.75, 3.05) is 25.0 Å². The molecule has 0 radical (unpaired) electrons. The minimum absolute atomic E-state index is 0.0964. The van der Waals surface area contributed by atoms with Crippen molar-refractivity contribution in [1.82, 2.24) is 14.5 Å². The van der Waals surface area contributed by atoms with Crippen molar-refractivity contribution in [2.24, 2.45) is 0 Å². The van der Waals surface area contributed by atoms with Gasteiger partial charge in [0.05, 0.1) is 18.5 Å². The quantitative estimate of drug-likeness (QED) is 0.475. The normalized spacial score (nSPS) is 14.3. The molecule has 1 N–H and O–H groups in total. The van der Waals surface area contributed by atoms with Crippen LogP contribution < -0.4 is 15.6 Å². The summed E-state index contributed by atoms with van der Waals surface area (Å²) in [6, 6.07) is 6.58. The summed E-state index contributed by atoms with van der Waals surface area (Å²) in [5.74, 6) is 1.16. The summed E-state index contributed by atoms with van der Waals surface area (Å²) in [6.07, 6.45) is 4.16. The van der Waals surface area contributed by atoms with Crippen LogP contribution in [0.5, 0.6) is 5.75 Å². The number of nitrogens with one attached hydrogen (secondary N) is 1. The minimum atomic E-state index is -0.694. The molecule has 0 spiro atoms. The van der Waals surface area contributed by atoms with Crippen molar-refractivity contribution in [3.05, 3.63) is 50.9 Å². The molecule has 2 aromatic heterocycles. The lowest BCUT2D eigenvalue weighted by molar-refractivity contribution is -0.119. The van der Waals surface area contributed by atoms with E-state index in [9.17, 15) is 9.59 Å². The molecule has 1 aromatic carbocycles. The van der Waals surface area contributed by atoms with Gasteiger partial charge in [-0.2, -0.15) is 0 Å². The number of benzene rings is 1. The Morgan fingerprint density at radius 3 is 2.56 bits per heavy atom. The number of aromatic nitrogens is 2. The van der Waals surface area contributed by atoms with Crippen LogP contribution >= 0.6 is 11.3 Å². The van der Waals surface area contributed by atoms with Gasteiger partial charge in [0.15, 0.2) is 0 Å². The molecule has 1 unspecified atom stereocenters. The number of ether oxygens (including phenoxy) is 1. The Morgan fingerprint density at radius 2 is 1.88 bits per heavy atom. The first-order chi connectivity index (χ1) is 16.5. The van der Waals surface area contributed by atoms with Crippen LogP contribution in [0.1, 0.15) is 62.8 Å². The molecule has 2 heterocycles. The Labute approximate surface area is 204 Å². The first kappa shape index (κ1) is 24.4. The summed E-state index contributed by atoms with van der Waals surface area (Å²) in [5.41, 5.74) is 1.72. The summed E-state index contributed by atoms with van der Waals surface area (Å²) in [4.78, 5) is 36.4. The van der Waals surface area contributed by atoms with E-state index in [1.54, 1.807) is 22.8 Å². The van der Waals surface area contributed by atoms with E-state index in [1.165, 1.54) is 4.88 Å². The second-order valence-electron chi connectivity index (χ2n) is 8.68. The van der Waals surface area contributed by atoms with E-state index >= 15 is 0 Å². The number of hydrogen-bond acceptors (Lipinski definition) is 6. The fourth-order valence-corrected chi connectivity index (χ4v) is 5.85. The Morgan fingerprint density at radius 1 is 1.18 bits per heavy atom. The average molecular weight is 483 g/mol. The van der Waals surface area contributed by atoms with Crippen molar-refractivity contribution in [1.29, 1.82) is 0 Å². The average Bonchev–Trinajstić information content (AvgIpc) is 3.22. The number of carbonyl (C=O) groups is 1. The maximum atomic E-state index is 13.9. The summed E-state index contributed by atoms with van der Waals surface area (Å²) in [6.45, 7) is 10.7. The van der Waals surface area contributed by atoms with Crippen LogP contribution in [0, 0.1) is 0 Å². The van der Waals surface area contributed by atoms with Crippen molar-refractivity contribution in [3.63, 3.8) is 0 Å². The molecule has 3 aromatic rings. The van der Waals surface area contributed by atoms with Gasteiger partial charge in [-0.05, 0) is 82.4 Å². The predicted octanol–water partition coefficient (Wildman–Crippen LogP) is 4.78. The molecule has 182 valence electrons. The predicted molar refractivity (Wildman–Crippen MR) is 138 cm³/mol. The molecule has 4 rings (SSSR count). The number of aryl methyl sites for hydroxylation is 2. The van der Waals surface area contributed by atoms with Gasteiger partial charge in [-0.3, -0.25) is 19.1 Å². The monoisotopic (exact) mass is 482 g/mol. The molecule has 1 aliphatic carbocycles. The Kier molecular flexibility index (Phi) is 7.68. The third kappa shape index (κ3) is 4.88. The molecule has 34 heavy (non-hydrogen) atoms. The number of thiophene rings is 1. The van der Waals surface area contributed by atoms with Gasteiger partial charge >= 0.3 is 0 Å². The van der Waals surface area contributed by atoms with Gasteiger partial charge in [-0.25, -0.2) is 4.98 Å². The van der Waals surface area contributed by atoms with Gasteiger partial charge in [0.1, 0.15) is 22.4 Å². The summed E-state index contributed by atoms with van der Waals surface area (Å²) in [5, 5.41) is 3.67. The van der Waals surface area contributed by atoms with Crippen LogP contribution in [-0.2, 0) is 24.2 Å². The zero-order valence-corrected chi connectivity index (χ0v) is 21.3. The standard InChI is InChI=1S/C26H34N4O3S/c1-5-29(6-2)16-22-28-25-23(20-10-8-9-11-21(20)34-25)26(32)30(22)17(4)24(31)27-18-12-14-19(15-13-18)33-7-3/h12-15,17H,5-11,16H2,1-4H3,(H,27,31). The lowest BCUT2D eigenvalue weighted by atomic mass is 9.97. The SMILES string of the molecule is CCOc1ccc(NC(=O)C(C)n2c(CN(CC)CC)nc3sc4c(c3c2=O)CCCC4)cc1. The van der Waals surface area contributed by atoms with Gasteiger partial charge in [-0.1, -0.05) is 13.8 Å². The fraction of sp³-hybridized carbons (Fsp3) is 0.500. The zero-order chi connectivity index (χ0) is 24.2. The summed E-state index contributed by atoms with van der Waals surface area (Å²) >= 11 is 1.65. The van der Waals surface area contributed by atoms with E-state index in [-0.39, 0.29) is 11.5 Å². The largest absolute Gasteiger partial charge is 0.494 e. The maximum absolute atomic E-state index is 13.9. The van der Waals surface area contributed by atoms with E-state index in [2.05, 4.69) is 24.1 Å². The van der Waals surface area contributed by atoms with E-state index in [0.29, 0.717) is 30.0 Å². The highest BCUT2D eigenvalue weighted by Gasteiger charge is 2.27. The molecular formula is C26H34N4O3S. The maximum Gasteiger partial charge on any atom is 0.263 e. The number of amides is 1. The molecule has 8 heteroatoms. The lowest BCUT2D eigenvalue weighted by Gasteiger charge is -2.23. The number of nitrogens with zero attached hydrogens (tertiary/aromatic N) is 3. The molecule has 0 bridgehead atoms. The van der Waals surface area contributed by atoms with Crippen LogP contribution in [0.25, 0.3) is 10.2 Å². The van der Waals surface area contributed by atoms with Crippen LogP contribution in [0.2, 0.25) is 0 Å². The number of carbonyl (C=O) groups excluding carboxylic acids is 1. The van der Waals surface area contributed by atoms with Crippen molar-refractivity contribution in [2.45, 2.75) is 66.0 Å². The van der Waals surface area contributed by atoms with Crippen LogP contribution in [0.15, 0.2) is 29.1 Å². The number of rotatable bonds is 9. The Bertz CT molecular complexity index is 1210. The van der Waals surface area contributed by atoms with E-state index in [0.717, 1.165) is 54.9 Å². The number of anilines is 1. The highest BCUT2D eigenvalue weighted by atomic mass is 32.1. The van der Waals surface area contributed by atoms with Crippen molar-refractivity contribution >= 4 is 33.1 Å². The van der Waals surface area contributed by atoms with Gasteiger partial charge in [0.2, 0.25) is 5.91 Å². The summed E-state index contributed by atoms with van der Waals surface area (Å²) < 4.78 is 7.10. The molecule has 1 aliphatic rings. The van der Waals surface area contributed by atoms with Crippen molar-refractivity contribution in [3.8, 4) is 5.75 Å². The topological polar surface area (TPSA) is 76.5 Å². The van der Waals surface area contributed by atoms with Gasteiger partial charge < -0.3 is 10.1 Å². The molecule has 0 aliphatic heterocycles. The highest BCUT2D eigenvalue weighted by Crippen LogP contribution is 2.34. The highest BCUT2D eigenvalue weighted by molar-refractivity contribution is 7.18. The summed E-state index contributed by atoms with van der Waals surface area (Å²) in [7, 11) is 0. The smallest absolute Gasteiger partial charge is 0.263 e. The number of fused-ring (bicyclic) bond motifs is 3. The molecule has 7 nitrogen and oxygen atoms in total. The van der Waals surface area contributed by atoms with Crippen LogP contribution in [-0.4, -0.2) is 40.1 Å². The van der Waals surface area contributed by atoms with Gasteiger partial charge in [-0.15, -0.1) is 11.3 Å². The molecule has 1 amide bonds. The van der Waals surface area contributed by atoms with Gasteiger partial charge in [0, 0.05) is 10.6 Å². The molecule has 0 fully saturated rings.